The van der Waals surface area contributed by atoms with Gasteiger partial charge in [0, 0.05) is 18.8 Å². The lowest BCUT2D eigenvalue weighted by Crippen LogP contribution is -2.43. The van der Waals surface area contributed by atoms with E-state index in [0.717, 1.165) is 18.4 Å². The number of aliphatic hydroxyl groups is 1. The first-order valence-corrected chi connectivity index (χ1v) is 8.66. The van der Waals surface area contributed by atoms with Crippen molar-refractivity contribution in [2.24, 2.45) is 7.05 Å². The number of hydrogen-bond acceptors (Lipinski definition) is 3. The van der Waals surface area contributed by atoms with Crippen LogP contribution in [0.3, 0.4) is 0 Å². The zero-order valence-corrected chi connectivity index (χ0v) is 15.0. The van der Waals surface area contributed by atoms with Gasteiger partial charge in [-0.3, -0.25) is 4.68 Å². The van der Waals surface area contributed by atoms with Crippen LogP contribution in [0.25, 0.3) is 0 Å². The number of urea groups is 1. The molecule has 6 heteroatoms. The van der Waals surface area contributed by atoms with Crippen LogP contribution in [0.5, 0.6) is 0 Å². The highest BCUT2D eigenvalue weighted by Gasteiger charge is 2.33. The van der Waals surface area contributed by atoms with E-state index in [9.17, 15) is 9.90 Å². The first-order valence-electron chi connectivity index (χ1n) is 8.66. The number of nitrogens with one attached hydrogen (secondary N) is 2. The van der Waals surface area contributed by atoms with Gasteiger partial charge in [0.15, 0.2) is 0 Å². The van der Waals surface area contributed by atoms with Crippen LogP contribution in [0.4, 0.5) is 4.79 Å². The maximum absolute atomic E-state index is 12.5. The van der Waals surface area contributed by atoms with E-state index in [1.54, 1.807) is 24.1 Å². The van der Waals surface area contributed by atoms with E-state index in [4.69, 9.17) is 0 Å². The number of amides is 2. The molecule has 0 fully saturated rings. The van der Waals surface area contributed by atoms with E-state index in [2.05, 4.69) is 41.7 Å². The van der Waals surface area contributed by atoms with Crippen molar-refractivity contribution in [1.82, 2.24) is 20.4 Å². The Kier molecular flexibility index (Phi) is 4.81. The number of hydrogen-bond donors (Lipinski definition) is 3. The highest BCUT2D eigenvalue weighted by molar-refractivity contribution is 5.75. The minimum Gasteiger partial charge on any atom is -0.394 e. The van der Waals surface area contributed by atoms with Gasteiger partial charge in [0.25, 0.3) is 0 Å². The summed E-state index contributed by atoms with van der Waals surface area (Å²) in [5.41, 5.74) is 3.37. The summed E-state index contributed by atoms with van der Waals surface area (Å²) in [5.74, 6) is 0. The Hall–Kier alpha value is -2.34. The third kappa shape index (κ3) is 3.69. The largest absolute Gasteiger partial charge is 0.394 e. The number of benzene rings is 1. The maximum Gasteiger partial charge on any atom is 0.315 e. The Morgan fingerprint density at radius 3 is 2.88 bits per heavy atom. The van der Waals surface area contributed by atoms with Crippen molar-refractivity contribution >= 4 is 6.03 Å². The first-order chi connectivity index (χ1) is 11.9. The van der Waals surface area contributed by atoms with Crippen molar-refractivity contribution in [3.05, 3.63) is 53.3 Å². The molecule has 0 unspecified atom stereocenters. The molecule has 134 valence electrons. The summed E-state index contributed by atoms with van der Waals surface area (Å²) in [5, 5.41) is 19.6. The summed E-state index contributed by atoms with van der Waals surface area (Å²) >= 11 is 0. The number of carbonyl (C=O) groups excluding carboxylic acids is 1. The highest BCUT2D eigenvalue weighted by Crippen LogP contribution is 2.41. The summed E-state index contributed by atoms with van der Waals surface area (Å²) in [6, 6.07) is 7.54. The first kappa shape index (κ1) is 17.5. The normalized spacial score (nSPS) is 19.8. The van der Waals surface area contributed by atoms with Crippen LogP contribution < -0.4 is 10.6 Å². The maximum atomic E-state index is 12.5. The van der Waals surface area contributed by atoms with Crippen LogP contribution in [0.1, 0.15) is 55.5 Å². The number of nitrogens with zero attached hydrogens (tertiary/aromatic N) is 2. The fraction of sp³-hybridized carbons (Fsp3) is 0.474. The molecule has 2 aromatic rings. The lowest BCUT2D eigenvalue weighted by Gasteiger charge is -2.37. The molecule has 1 aromatic carbocycles. The lowest BCUT2D eigenvalue weighted by atomic mass is 9.71. The quantitative estimate of drug-likeness (QED) is 0.799. The summed E-state index contributed by atoms with van der Waals surface area (Å²) in [4.78, 5) is 12.5. The van der Waals surface area contributed by atoms with Gasteiger partial charge in [-0.05, 0) is 29.4 Å². The molecule has 0 bridgehead atoms. The molecule has 1 heterocycles. The number of aliphatic hydroxyl groups excluding tert-OH is 1. The smallest absolute Gasteiger partial charge is 0.315 e. The molecule has 1 aliphatic rings. The minimum absolute atomic E-state index is 0.0162. The van der Waals surface area contributed by atoms with Crippen molar-refractivity contribution in [3.63, 3.8) is 0 Å². The number of fused-ring (bicyclic) bond motifs is 1. The van der Waals surface area contributed by atoms with Crippen molar-refractivity contribution in [2.75, 3.05) is 6.61 Å². The molecule has 6 nitrogen and oxygen atoms in total. The monoisotopic (exact) mass is 342 g/mol. The molecule has 2 atom stereocenters. The van der Waals surface area contributed by atoms with Gasteiger partial charge >= 0.3 is 6.03 Å². The van der Waals surface area contributed by atoms with E-state index in [-0.39, 0.29) is 24.1 Å². The molecular formula is C19H26N4O2. The van der Waals surface area contributed by atoms with Crippen LogP contribution in [0.15, 0.2) is 36.7 Å². The molecule has 0 aliphatic heterocycles. The van der Waals surface area contributed by atoms with Crippen LogP contribution in [-0.4, -0.2) is 27.5 Å². The van der Waals surface area contributed by atoms with E-state index in [1.165, 1.54) is 11.1 Å². The lowest BCUT2D eigenvalue weighted by molar-refractivity contribution is 0.211. The fourth-order valence-electron chi connectivity index (χ4n) is 3.58. The number of aromatic nitrogens is 2. The fourth-order valence-corrected chi connectivity index (χ4v) is 3.58. The molecule has 1 aliphatic carbocycles. The molecule has 3 rings (SSSR count). The van der Waals surface area contributed by atoms with Crippen molar-refractivity contribution < 1.29 is 9.90 Å². The summed E-state index contributed by atoms with van der Waals surface area (Å²) < 4.78 is 1.65. The second-order valence-corrected chi connectivity index (χ2v) is 7.36. The van der Waals surface area contributed by atoms with Crippen LogP contribution in [0, 0.1) is 0 Å². The summed E-state index contributed by atoms with van der Waals surface area (Å²) in [6.07, 6.45) is 5.36. The predicted molar refractivity (Wildman–Crippen MR) is 96.1 cm³/mol. The minimum atomic E-state index is -0.469. The van der Waals surface area contributed by atoms with Crippen LogP contribution in [-0.2, 0) is 12.5 Å². The topological polar surface area (TPSA) is 79.2 Å². The van der Waals surface area contributed by atoms with Crippen molar-refractivity contribution in [1.29, 1.82) is 0 Å². The van der Waals surface area contributed by atoms with Crippen molar-refractivity contribution in [3.8, 4) is 0 Å². The molecule has 25 heavy (non-hydrogen) atoms. The summed E-state index contributed by atoms with van der Waals surface area (Å²) in [6.45, 7) is 4.31. The van der Waals surface area contributed by atoms with Gasteiger partial charge in [-0.25, -0.2) is 4.79 Å². The molecular weight excluding hydrogens is 316 g/mol. The molecule has 2 amide bonds. The average Bonchev–Trinajstić information content (AvgIpc) is 3.02. The van der Waals surface area contributed by atoms with Gasteiger partial charge in [-0.15, -0.1) is 0 Å². The SMILES string of the molecule is Cn1cc([C@@H](CO)NC(=O)N[C@@H]2CCC(C)(C)c3ccccc32)cn1. The van der Waals surface area contributed by atoms with Gasteiger partial charge in [0.05, 0.1) is 24.9 Å². The second kappa shape index (κ2) is 6.88. The van der Waals surface area contributed by atoms with Crippen LogP contribution in [0.2, 0.25) is 0 Å². The van der Waals surface area contributed by atoms with Crippen LogP contribution >= 0.6 is 0 Å². The molecule has 0 saturated carbocycles. The Balaban J connectivity index is 1.71. The molecule has 0 saturated heterocycles. The molecule has 1 aromatic heterocycles. The zero-order valence-electron chi connectivity index (χ0n) is 15.0. The van der Waals surface area contributed by atoms with Gasteiger partial charge in [-0.2, -0.15) is 5.10 Å². The van der Waals surface area contributed by atoms with E-state index in [0.29, 0.717) is 0 Å². The second-order valence-electron chi connectivity index (χ2n) is 7.36. The predicted octanol–water partition coefficient (Wildman–Crippen LogP) is 2.57. The van der Waals surface area contributed by atoms with E-state index >= 15 is 0 Å². The van der Waals surface area contributed by atoms with E-state index < -0.39 is 6.04 Å². The molecule has 0 radical (unpaired) electrons. The van der Waals surface area contributed by atoms with Gasteiger partial charge in [0.1, 0.15) is 0 Å². The number of aryl methyl sites for hydroxylation is 1. The third-order valence-electron chi connectivity index (χ3n) is 5.04. The standard InChI is InChI=1S/C19H26N4O2/c1-19(2)9-8-16(14-6-4-5-7-15(14)19)21-18(25)22-17(12-24)13-10-20-23(3)11-13/h4-7,10-11,16-17,24H,8-9,12H2,1-3H3,(H2,21,22,25)/t16-,17-/m1/s1. The Morgan fingerprint density at radius 2 is 2.20 bits per heavy atom. The van der Waals surface area contributed by atoms with Gasteiger partial charge in [-0.1, -0.05) is 38.1 Å². The molecule has 3 N–H and O–H groups in total. The molecule has 0 spiro atoms. The third-order valence-corrected chi connectivity index (χ3v) is 5.04. The average molecular weight is 342 g/mol. The van der Waals surface area contributed by atoms with Gasteiger partial charge in [0.2, 0.25) is 0 Å². The zero-order chi connectivity index (χ0) is 18.0. The van der Waals surface area contributed by atoms with Crippen molar-refractivity contribution in [2.45, 2.75) is 44.2 Å². The highest BCUT2D eigenvalue weighted by atomic mass is 16.3. The Bertz CT molecular complexity index is 753. The summed E-state index contributed by atoms with van der Waals surface area (Å²) in [7, 11) is 1.80. The van der Waals surface area contributed by atoms with E-state index in [1.807, 2.05) is 12.1 Å². The number of carbonyl (C=O) groups is 1. The number of rotatable bonds is 4. The Labute approximate surface area is 148 Å². The van der Waals surface area contributed by atoms with Gasteiger partial charge < -0.3 is 15.7 Å². The Morgan fingerprint density at radius 1 is 1.44 bits per heavy atom.